The number of nitro benzene ring substituents is 1. The molecule has 0 radical (unpaired) electrons. The molecule has 1 aliphatic carbocycles. The number of carbonyl (C=O) groups is 2. The van der Waals surface area contributed by atoms with E-state index in [4.69, 9.17) is 5.11 Å². The van der Waals surface area contributed by atoms with Crippen molar-refractivity contribution in [1.82, 2.24) is 0 Å². The highest BCUT2D eigenvalue weighted by Crippen LogP contribution is 2.33. The molecule has 1 amide bonds. The fraction of sp³-hybridized carbons (Fsp3) is 0.333. The van der Waals surface area contributed by atoms with Crippen molar-refractivity contribution in [2.24, 2.45) is 5.92 Å². The van der Waals surface area contributed by atoms with Crippen molar-refractivity contribution < 1.29 is 19.6 Å². The van der Waals surface area contributed by atoms with E-state index >= 15 is 0 Å². The number of aromatic carboxylic acids is 1. The van der Waals surface area contributed by atoms with Crippen LogP contribution in [0.1, 0.15) is 29.6 Å². The zero-order chi connectivity index (χ0) is 14.0. The number of rotatable bonds is 5. The average molecular weight is 264 g/mol. The van der Waals surface area contributed by atoms with Crippen molar-refractivity contribution in [3.05, 3.63) is 33.9 Å². The number of amides is 1. The van der Waals surface area contributed by atoms with Crippen LogP contribution in [-0.4, -0.2) is 21.9 Å². The number of carbonyl (C=O) groups excluding carboxylic acids is 1. The quantitative estimate of drug-likeness (QED) is 0.624. The van der Waals surface area contributed by atoms with Gasteiger partial charge in [-0.1, -0.05) is 0 Å². The molecule has 0 unspecified atom stereocenters. The monoisotopic (exact) mass is 264 g/mol. The second kappa shape index (κ2) is 5.05. The maximum absolute atomic E-state index is 11.6. The number of non-ortho nitro benzene ring substituents is 1. The van der Waals surface area contributed by atoms with E-state index in [2.05, 4.69) is 5.32 Å². The summed E-state index contributed by atoms with van der Waals surface area (Å²) < 4.78 is 0. The predicted molar refractivity (Wildman–Crippen MR) is 66.0 cm³/mol. The van der Waals surface area contributed by atoms with Gasteiger partial charge in [0.25, 0.3) is 5.69 Å². The second-order valence-electron chi connectivity index (χ2n) is 4.49. The van der Waals surface area contributed by atoms with Gasteiger partial charge in [-0.05, 0) is 24.8 Å². The van der Waals surface area contributed by atoms with Crippen molar-refractivity contribution >= 4 is 23.3 Å². The predicted octanol–water partition coefficient (Wildman–Crippen LogP) is 2.03. The average Bonchev–Trinajstić information content (AvgIpc) is 3.12. The first-order chi connectivity index (χ1) is 8.97. The molecular weight excluding hydrogens is 252 g/mol. The van der Waals surface area contributed by atoms with Gasteiger partial charge in [0.05, 0.1) is 16.2 Å². The SMILES string of the molecule is O=C(CC1CC1)Nc1cc([N+](=O)[O-])ccc1C(=O)O. The number of benzene rings is 1. The molecule has 19 heavy (non-hydrogen) atoms. The molecule has 0 aromatic heterocycles. The summed E-state index contributed by atoms with van der Waals surface area (Å²) in [7, 11) is 0. The van der Waals surface area contributed by atoms with Crippen molar-refractivity contribution in [2.75, 3.05) is 5.32 Å². The van der Waals surface area contributed by atoms with Gasteiger partial charge < -0.3 is 10.4 Å². The largest absolute Gasteiger partial charge is 0.478 e. The Hall–Kier alpha value is -2.44. The lowest BCUT2D eigenvalue weighted by Gasteiger charge is -2.08. The summed E-state index contributed by atoms with van der Waals surface area (Å²) in [6.07, 6.45) is 2.31. The van der Waals surface area contributed by atoms with E-state index < -0.39 is 10.9 Å². The van der Waals surface area contributed by atoms with Crippen LogP contribution in [0.15, 0.2) is 18.2 Å². The maximum atomic E-state index is 11.6. The van der Waals surface area contributed by atoms with Crippen LogP contribution >= 0.6 is 0 Å². The molecule has 2 rings (SSSR count). The van der Waals surface area contributed by atoms with Crippen molar-refractivity contribution in [3.63, 3.8) is 0 Å². The lowest BCUT2D eigenvalue weighted by Crippen LogP contribution is -2.15. The molecule has 7 nitrogen and oxygen atoms in total. The molecule has 1 aromatic carbocycles. The topological polar surface area (TPSA) is 110 Å². The van der Waals surface area contributed by atoms with Crippen LogP contribution in [0, 0.1) is 16.0 Å². The summed E-state index contributed by atoms with van der Waals surface area (Å²) >= 11 is 0. The number of carboxylic acid groups (broad SMARTS) is 1. The molecule has 100 valence electrons. The molecule has 1 saturated carbocycles. The molecule has 2 N–H and O–H groups in total. The van der Waals surface area contributed by atoms with Crippen LogP contribution in [0.3, 0.4) is 0 Å². The van der Waals surface area contributed by atoms with E-state index in [0.29, 0.717) is 12.3 Å². The standard InChI is InChI=1S/C12H12N2O5/c15-11(5-7-1-2-7)13-10-6-8(14(18)19)3-4-9(10)12(16)17/h3-4,6-7H,1-2,5H2,(H,13,15)(H,16,17). The zero-order valence-electron chi connectivity index (χ0n) is 9.96. The van der Waals surface area contributed by atoms with Gasteiger partial charge in [-0.2, -0.15) is 0 Å². The maximum Gasteiger partial charge on any atom is 0.337 e. The Morgan fingerprint density at radius 2 is 2.11 bits per heavy atom. The summed E-state index contributed by atoms with van der Waals surface area (Å²) in [6.45, 7) is 0. The molecule has 0 saturated heterocycles. The highest BCUT2D eigenvalue weighted by atomic mass is 16.6. The molecule has 0 atom stereocenters. The minimum absolute atomic E-state index is 0.0349. The van der Waals surface area contributed by atoms with Gasteiger partial charge in [0, 0.05) is 18.6 Å². The fourth-order valence-electron chi connectivity index (χ4n) is 1.72. The zero-order valence-corrected chi connectivity index (χ0v) is 9.96. The molecule has 0 aliphatic heterocycles. The summed E-state index contributed by atoms with van der Waals surface area (Å²) in [5.41, 5.74) is -0.450. The molecule has 0 heterocycles. The van der Waals surface area contributed by atoms with Gasteiger partial charge >= 0.3 is 5.97 Å². The highest BCUT2D eigenvalue weighted by molar-refractivity contribution is 6.01. The van der Waals surface area contributed by atoms with Crippen LogP contribution in [0.25, 0.3) is 0 Å². The van der Waals surface area contributed by atoms with Crippen molar-refractivity contribution in [1.29, 1.82) is 0 Å². The fourth-order valence-corrected chi connectivity index (χ4v) is 1.72. The Morgan fingerprint density at radius 1 is 1.42 bits per heavy atom. The van der Waals surface area contributed by atoms with Crippen LogP contribution in [-0.2, 0) is 4.79 Å². The Morgan fingerprint density at radius 3 is 2.63 bits per heavy atom. The van der Waals surface area contributed by atoms with Crippen LogP contribution in [0.5, 0.6) is 0 Å². The van der Waals surface area contributed by atoms with Crippen molar-refractivity contribution in [2.45, 2.75) is 19.3 Å². The van der Waals surface area contributed by atoms with Gasteiger partial charge in [0.1, 0.15) is 0 Å². The highest BCUT2D eigenvalue weighted by Gasteiger charge is 2.25. The normalized spacial score (nSPS) is 13.9. The van der Waals surface area contributed by atoms with E-state index in [0.717, 1.165) is 31.0 Å². The van der Waals surface area contributed by atoms with Gasteiger partial charge in [0.2, 0.25) is 5.91 Å². The molecule has 0 spiro atoms. The molecule has 1 fully saturated rings. The van der Waals surface area contributed by atoms with E-state index in [1.165, 1.54) is 0 Å². The minimum Gasteiger partial charge on any atom is -0.478 e. The number of hydrogen-bond donors (Lipinski definition) is 2. The molecular formula is C12H12N2O5. The number of nitro groups is 1. The van der Waals surface area contributed by atoms with E-state index in [1.807, 2.05) is 0 Å². The molecule has 1 aromatic rings. The van der Waals surface area contributed by atoms with Crippen LogP contribution in [0.2, 0.25) is 0 Å². The number of carboxylic acids is 1. The van der Waals surface area contributed by atoms with Crippen molar-refractivity contribution in [3.8, 4) is 0 Å². The third-order valence-corrected chi connectivity index (χ3v) is 2.89. The van der Waals surface area contributed by atoms with Crippen LogP contribution in [0.4, 0.5) is 11.4 Å². The summed E-state index contributed by atoms with van der Waals surface area (Å²) in [6, 6.07) is 3.28. The lowest BCUT2D eigenvalue weighted by atomic mass is 10.1. The number of hydrogen-bond acceptors (Lipinski definition) is 4. The molecule has 1 aliphatic rings. The Kier molecular flexibility index (Phi) is 3.46. The minimum atomic E-state index is -1.24. The van der Waals surface area contributed by atoms with E-state index in [-0.39, 0.29) is 22.8 Å². The number of nitrogens with one attached hydrogen (secondary N) is 1. The first kappa shape index (κ1) is 13.0. The first-order valence-corrected chi connectivity index (χ1v) is 5.79. The Balaban J connectivity index is 2.23. The van der Waals surface area contributed by atoms with Gasteiger partial charge in [-0.15, -0.1) is 0 Å². The van der Waals surface area contributed by atoms with Crippen LogP contribution < -0.4 is 5.32 Å². The molecule has 0 bridgehead atoms. The number of nitrogens with zero attached hydrogens (tertiary/aromatic N) is 1. The summed E-state index contributed by atoms with van der Waals surface area (Å²) in [4.78, 5) is 32.7. The Labute approximate surface area is 108 Å². The Bertz CT molecular complexity index is 551. The van der Waals surface area contributed by atoms with Gasteiger partial charge in [-0.3, -0.25) is 14.9 Å². The molecule has 7 heteroatoms. The summed E-state index contributed by atoms with van der Waals surface area (Å²) in [5.74, 6) is -1.20. The smallest absolute Gasteiger partial charge is 0.337 e. The number of anilines is 1. The summed E-state index contributed by atoms with van der Waals surface area (Å²) in [5, 5.41) is 22.1. The van der Waals surface area contributed by atoms with E-state index in [1.54, 1.807) is 0 Å². The second-order valence-corrected chi connectivity index (χ2v) is 4.49. The van der Waals surface area contributed by atoms with E-state index in [9.17, 15) is 19.7 Å². The third kappa shape index (κ3) is 3.27. The lowest BCUT2D eigenvalue weighted by molar-refractivity contribution is -0.384. The first-order valence-electron chi connectivity index (χ1n) is 5.79. The van der Waals surface area contributed by atoms with Gasteiger partial charge in [0.15, 0.2) is 0 Å². The third-order valence-electron chi connectivity index (χ3n) is 2.89. The van der Waals surface area contributed by atoms with Gasteiger partial charge in [-0.25, -0.2) is 4.79 Å².